The van der Waals surface area contributed by atoms with Crippen LogP contribution in [0, 0.1) is 17.7 Å². The lowest BCUT2D eigenvalue weighted by atomic mass is 9.79. The van der Waals surface area contributed by atoms with Crippen LogP contribution >= 0.6 is 0 Å². The van der Waals surface area contributed by atoms with Gasteiger partial charge in [-0.2, -0.15) is 0 Å². The van der Waals surface area contributed by atoms with Crippen LogP contribution in [0.5, 0.6) is 0 Å². The topological polar surface area (TPSA) is 41.1 Å². The van der Waals surface area contributed by atoms with Crippen molar-refractivity contribution in [2.24, 2.45) is 11.8 Å². The number of nitrogens with one attached hydrogen (secondary N) is 2. The van der Waals surface area contributed by atoms with Crippen molar-refractivity contribution in [2.45, 2.75) is 52.0 Å². The van der Waals surface area contributed by atoms with E-state index in [-0.39, 0.29) is 11.7 Å². The second-order valence-corrected chi connectivity index (χ2v) is 6.65. The summed E-state index contributed by atoms with van der Waals surface area (Å²) >= 11 is 0. The molecule has 0 spiro atoms. The lowest BCUT2D eigenvalue weighted by Crippen LogP contribution is -2.30. The SMILES string of the molecule is CC1CCC(Nc2cc3c(cc2F)CCC(=O)N3)CC1C. The van der Waals surface area contributed by atoms with Gasteiger partial charge in [0.2, 0.25) is 5.91 Å². The minimum Gasteiger partial charge on any atom is -0.380 e. The summed E-state index contributed by atoms with van der Waals surface area (Å²) in [5.74, 6) is 1.21. The molecule has 0 bridgehead atoms. The maximum absolute atomic E-state index is 14.2. The molecule has 0 aromatic heterocycles. The van der Waals surface area contributed by atoms with Gasteiger partial charge in [-0.1, -0.05) is 13.8 Å². The minimum absolute atomic E-state index is 0.0140. The molecular weight excluding hydrogens is 267 g/mol. The van der Waals surface area contributed by atoms with Gasteiger partial charge in [0.1, 0.15) is 5.82 Å². The van der Waals surface area contributed by atoms with Crippen LogP contribution in [0.25, 0.3) is 0 Å². The number of carbonyl (C=O) groups is 1. The zero-order chi connectivity index (χ0) is 15.0. The summed E-state index contributed by atoms with van der Waals surface area (Å²) in [6.07, 6.45) is 4.40. The van der Waals surface area contributed by atoms with Crippen LogP contribution in [0.1, 0.15) is 45.1 Å². The molecule has 1 aliphatic carbocycles. The number of halogens is 1. The molecule has 1 saturated carbocycles. The molecule has 114 valence electrons. The second kappa shape index (κ2) is 5.66. The van der Waals surface area contributed by atoms with Crippen molar-refractivity contribution in [1.82, 2.24) is 0 Å². The molecule has 1 heterocycles. The largest absolute Gasteiger partial charge is 0.380 e. The van der Waals surface area contributed by atoms with E-state index in [1.165, 1.54) is 6.42 Å². The molecule has 4 heteroatoms. The van der Waals surface area contributed by atoms with Gasteiger partial charge < -0.3 is 10.6 Å². The number of benzene rings is 1. The molecule has 0 saturated heterocycles. The van der Waals surface area contributed by atoms with Crippen LogP contribution in [0.2, 0.25) is 0 Å². The molecule has 1 aromatic rings. The van der Waals surface area contributed by atoms with Gasteiger partial charge in [-0.25, -0.2) is 4.39 Å². The summed E-state index contributed by atoms with van der Waals surface area (Å²) in [5.41, 5.74) is 2.17. The van der Waals surface area contributed by atoms with Crippen molar-refractivity contribution in [3.63, 3.8) is 0 Å². The summed E-state index contributed by atoms with van der Waals surface area (Å²) in [6.45, 7) is 4.55. The van der Waals surface area contributed by atoms with Crippen molar-refractivity contribution < 1.29 is 9.18 Å². The summed E-state index contributed by atoms with van der Waals surface area (Å²) in [6, 6.07) is 3.64. The third kappa shape index (κ3) is 3.04. The number of rotatable bonds is 2. The number of fused-ring (bicyclic) bond motifs is 1. The predicted octanol–water partition coefficient (Wildman–Crippen LogP) is 3.95. The van der Waals surface area contributed by atoms with Gasteiger partial charge in [0.25, 0.3) is 0 Å². The Bertz CT molecular complexity index is 558. The van der Waals surface area contributed by atoms with Crippen LogP contribution in [-0.2, 0) is 11.2 Å². The lowest BCUT2D eigenvalue weighted by molar-refractivity contribution is -0.116. The smallest absolute Gasteiger partial charge is 0.224 e. The van der Waals surface area contributed by atoms with Gasteiger partial charge in [-0.15, -0.1) is 0 Å². The summed E-state index contributed by atoms with van der Waals surface area (Å²) in [5, 5.41) is 6.17. The van der Waals surface area contributed by atoms with Gasteiger partial charge in [0.15, 0.2) is 0 Å². The monoisotopic (exact) mass is 290 g/mol. The first-order valence-electron chi connectivity index (χ1n) is 7.91. The number of carbonyl (C=O) groups excluding carboxylic acids is 1. The van der Waals surface area contributed by atoms with Gasteiger partial charge in [-0.3, -0.25) is 4.79 Å². The van der Waals surface area contributed by atoms with Crippen molar-refractivity contribution in [3.8, 4) is 0 Å². The van der Waals surface area contributed by atoms with Crippen LogP contribution in [0.3, 0.4) is 0 Å². The van der Waals surface area contributed by atoms with Crippen LogP contribution < -0.4 is 10.6 Å². The number of amides is 1. The third-order valence-electron chi connectivity index (χ3n) is 5.05. The molecule has 0 radical (unpaired) electrons. The molecule has 1 aromatic carbocycles. The highest BCUT2D eigenvalue weighted by molar-refractivity contribution is 5.94. The molecule has 21 heavy (non-hydrogen) atoms. The molecule has 3 nitrogen and oxygen atoms in total. The van der Waals surface area contributed by atoms with E-state index in [2.05, 4.69) is 24.5 Å². The van der Waals surface area contributed by atoms with E-state index < -0.39 is 0 Å². The highest BCUT2D eigenvalue weighted by Gasteiger charge is 2.25. The summed E-state index contributed by atoms with van der Waals surface area (Å²) in [4.78, 5) is 11.5. The van der Waals surface area contributed by atoms with Crippen molar-refractivity contribution >= 4 is 17.3 Å². The molecule has 3 atom stereocenters. The van der Waals surface area contributed by atoms with Gasteiger partial charge in [-0.05, 0) is 55.2 Å². The quantitative estimate of drug-likeness (QED) is 0.866. The highest BCUT2D eigenvalue weighted by atomic mass is 19.1. The first-order chi connectivity index (χ1) is 10.0. The Kier molecular flexibility index (Phi) is 3.87. The molecule has 1 fully saturated rings. The Morgan fingerprint density at radius 1 is 1.19 bits per heavy atom. The first-order valence-corrected chi connectivity index (χ1v) is 7.91. The molecule has 2 N–H and O–H groups in total. The molecular formula is C17H23FN2O. The second-order valence-electron chi connectivity index (χ2n) is 6.65. The molecule has 3 unspecified atom stereocenters. The first kappa shape index (κ1) is 14.4. The lowest BCUT2D eigenvalue weighted by Gasteiger charge is -2.33. The number of aryl methyl sites for hydroxylation is 1. The van der Waals surface area contributed by atoms with Gasteiger partial charge in [0, 0.05) is 18.2 Å². The average molecular weight is 290 g/mol. The third-order valence-corrected chi connectivity index (χ3v) is 5.05. The zero-order valence-corrected chi connectivity index (χ0v) is 12.7. The minimum atomic E-state index is -0.212. The molecule has 3 rings (SSSR count). The van der Waals surface area contributed by atoms with Crippen LogP contribution in [0.4, 0.5) is 15.8 Å². The van der Waals surface area contributed by atoms with Crippen LogP contribution in [-0.4, -0.2) is 11.9 Å². The van der Waals surface area contributed by atoms with Gasteiger partial charge in [0.05, 0.1) is 5.69 Å². The van der Waals surface area contributed by atoms with Crippen molar-refractivity contribution in [2.75, 3.05) is 10.6 Å². The fraction of sp³-hybridized carbons (Fsp3) is 0.588. The van der Waals surface area contributed by atoms with E-state index >= 15 is 0 Å². The van der Waals surface area contributed by atoms with E-state index in [4.69, 9.17) is 0 Å². The maximum atomic E-state index is 14.2. The Morgan fingerprint density at radius 2 is 2.00 bits per heavy atom. The van der Waals surface area contributed by atoms with E-state index in [0.717, 1.165) is 30.0 Å². The number of hydrogen-bond acceptors (Lipinski definition) is 2. The van der Waals surface area contributed by atoms with E-state index in [1.54, 1.807) is 12.1 Å². The van der Waals surface area contributed by atoms with E-state index in [1.807, 2.05) is 0 Å². The highest BCUT2D eigenvalue weighted by Crippen LogP contribution is 2.33. The normalized spacial score (nSPS) is 28.7. The van der Waals surface area contributed by atoms with Gasteiger partial charge >= 0.3 is 0 Å². The Labute approximate surface area is 125 Å². The Morgan fingerprint density at radius 3 is 2.76 bits per heavy atom. The van der Waals surface area contributed by atoms with E-state index in [9.17, 15) is 9.18 Å². The predicted molar refractivity (Wildman–Crippen MR) is 82.9 cm³/mol. The fourth-order valence-electron chi connectivity index (χ4n) is 3.41. The molecule has 1 aliphatic heterocycles. The molecule has 1 amide bonds. The van der Waals surface area contributed by atoms with Crippen molar-refractivity contribution in [1.29, 1.82) is 0 Å². The number of hydrogen-bond donors (Lipinski definition) is 2. The summed E-state index contributed by atoms with van der Waals surface area (Å²) in [7, 11) is 0. The number of anilines is 2. The fourth-order valence-corrected chi connectivity index (χ4v) is 3.41. The standard InChI is InChI=1S/C17H23FN2O/c1-10-3-5-13(7-11(10)2)19-16-9-15-12(8-14(16)18)4-6-17(21)20-15/h8-11,13,19H,3-7H2,1-2H3,(H,20,21). The molecule has 2 aliphatic rings. The van der Waals surface area contributed by atoms with Crippen LogP contribution in [0.15, 0.2) is 12.1 Å². The Balaban J connectivity index is 1.76. The Hall–Kier alpha value is -1.58. The van der Waals surface area contributed by atoms with E-state index in [0.29, 0.717) is 30.5 Å². The summed E-state index contributed by atoms with van der Waals surface area (Å²) < 4.78 is 14.2. The average Bonchev–Trinajstić information content (AvgIpc) is 2.44. The van der Waals surface area contributed by atoms with Crippen molar-refractivity contribution in [3.05, 3.63) is 23.5 Å². The zero-order valence-electron chi connectivity index (χ0n) is 12.7. The maximum Gasteiger partial charge on any atom is 0.224 e.